The SMILES string of the molecule is CO[C@H]1CCN(c2ccc(NC(=O)c3cccc(Cl)c3)cc2)C1. The predicted molar refractivity (Wildman–Crippen MR) is 93.5 cm³/mol. The van der Waals surface area contributed by atoms with Crippen LogP contribution in [-0.4, -0.2) is 32.2 Å². The zero-order valence-corrected chi connectivity index (χ0v) is 13.7. The van der Waals surface area contributed by atoms with E-state index in [1.54, 1.807) is 31.4 Å². The number of benzene rings is 2. The molecule has 0 saturated carbocycles. The number of carbonyl (C=O) groups is 1. The van der Waals surface area contributed by atoms with Crippen LogP contribution in [0.25, 0.3) is 0 Å². The lowest BCUT2D eigenvalue weighted by molar-refractivity contribution is 0.102. The highest BCUT2D eigenvalue weighted by molar-refractivity contribution is 6.31. The third kappa shape index (κ3) is 3.84. The molecule has 1 N–H and O–H groups in total. The quantitative estimate of drug-likeness (QED) is 0.926. The Bertz CT molecular complexity index is 688. The van der Waals surface area contributed by atoms with Crippen molar-refractivity contribution >= 4 is 28.9 Å². The van der Waals surface area contributed by atoms with Crippen molar-refractivity contribution in [2.75, 3.05) is 30.4 Å². The van der Waals surface area contributed by atoms with Crippen LogP contribution < -0.4 is 10.2 Å². The average Bonchev–Trinajstić information content (AvgIpc) is 3.04. The summed E-state index contributed by atoms with van der Waals surface area (Å²) in [5.41, 5.74) is 2.45. The highest BCUT2D eigenvalue weighted by atomic mass is 35.5. The molecule has 23 heavy (non-hydrogen) atoms. The van der Waals surface area contributed by atoms with E-state index in [4.69, 9.17) is 16.3 Å². The number of halogens is 1. The van der Waals surface area contributed by atoms with Gasteiger partial charge < -0.3 is 15.0 Å². The summed E-state index contributed by atoms with van der Waals surface area (Å²) in [5.74, 6) is -0.166. The van der Waals surface area contributed by atoms with E-state index in [1.165, 1.54) is 0 Å². The van der Waals surface area contributed by atoms with E-state index in [0.29, 0.717) is 16.7 Å². The van der Waals surface area contributed by atoms with E-state index in [1.807, 2.05) is 24.3 Å². The van der Waals surface area contributed by atoms with Crippen LogP contribution in [-0.2, 0) is 4.74 Å². The van der Waals surface area contributed by atoms with E-state index in [-0.39, 0.29) is 5.91 Å². The molecule has 1 heterocycles. The molecule has 1 aliphatic heterocycles. The number of ether oxygens (including phenoxy) is 1. The van der Waals surface area contributed by atoms with E-state index in [9.17, 15) is 4.79 Å². The molecular formula is C18H19ClN2O2. The highest BCUT2D eigenvalue weighted by Gasteiger charge is 2.22. The Hall–Kier alpha value is -2.04. The summed E-state index contributed by atoms with van der Waals surface area (Å²) in [7, 11) is 1.75. The summed E-state index contributed by atoms with van der Waals surface area (Å²) in [6, 6.07) is 14.8. The smallest absolute Gasteiger partial charge is 0.255 e. The van der Waals surface area contributed by atoms with Crippen LogP contribution >= 0.6 is 11.6 Å². The van der Waals surface area contributed by atoms with Gasteiger partial charge in [0.25, 0.3) is 5.91 Å². The van der Waals surface area contributed by atoms with Gasteiger partial charge in [-0.3, -0.25) is 4.79 Å². The molecule has 1 fully saturated rings. The molecule has 0 aliphatic carbocycles. The molecule has 0 spiro atoms. The van der Waals surface area contributed by atoms with Crippen LogP contribution in [0.3, 0.4) is 0 Å². The minimum atomic E-state index is -0.166. The summed E-state index contributed by atoms with van der Waals surface area (Å²) in [5, 5.41) is 3.43. The average molecular weight is 331 g/mol. The minimum absolute atomic E-state index is 0.166. The first-order chi connectivity index (χ1) is 11.2. The molecule has 1 saturated heterocycles. The monoisotopic (exact) mass is 330 g/mol. The minimum Gasteiger partial charge on any atom is -0.380 e. The van der Waals surface area contributed by atoms with Gasteiger partial charge in [0.2, 0.25) is 0 Å². The third-order valence-corrected chi connectivity index (χ3v) is 4.29. The normalized spacial score (nSPS) is 17.3. The first-order valence-electron chi connectivity index (χ1n) is 7.60. The van der Waals surface area contributed by atoms with Crippen molar-refractivity contribution in [2.24, 2.45) is 0 Å². The zero-order chi connectivity index (χ0) is 16.2. The molecule has 0 radical (unpaired) electrons. The molecule has 120 valence electrons. The van der Waals surface area contributed by atoms with Crippen molar-refractivity contribution < 1.29 is 9.53 Å². The molecule has 0 unspecified atom stereocenters. The Labute approximate surface area is 141 Å². The van der Waals surface area contributed by atoms with Crippen LogP contribution in [0.15, 0.2) is 48.5 Å². The molecule has 2 aromatic rings. The van der Waals surface area contributed by atoms with Gasteiger partial charge in [0.1, 0.15) is 0 Å². The molecule has 4 nitrogen and oxygen atoms in total. The number of hydrogen-bond donors (Lipinski definition) is 1. The fourth-order valence-corrected chi connectivity index (χ4v) is 2.93. The van der Waals surface area contributed by atoms with Gasteiger partial charge >= 0.3 is 0 Å². The number of nitrogens with one attached hydrogen (secondary N) is 1. The summed E-state index contributed by atoms with van der Waals surface area (Å²) < 4.78 is 5.39. The van der Waals surface area contributed by atoms with Crippen LogP contribution in [0, 0.1) is 0 Å². The number of amides is 1. The van der Waals surface area contributed by atoms with Gasteiger partial charge in [0, 0.05) is 42.2 Å². The van der Waals surface area contributed by atoms with Gasteiger partial charge in [0.15, 0.2) is 0 Å². The molecule has 2 aromatic carbocycles. The first-order valence-corrected chi connectivity index (χ1v) is 7.98. The maximum Gasteiger partial charge on any atom is 0.255 e. The second-order valence-corrected chi connectivity index (χ2v) is 6.04. The van der Waals surface area contributed by atoms with E-state index < -0.39 is 0 Å². The zero-order valence-electron chi connectivity index (χ0n) is 13.0. The third-order valence-electron chi connectivity index (χ3n) is 4.06. The standard InChI is InChI=1S/C18H19ClN2O2/c1-23-17-9-10-21(12-17)16-7-5-15(6-8-16)20-18(22)13-3-2-4-14(19)11-13/h2-8,11,17H,9-10,12H2,1H3,(H,20,22)/t17-/m0/s1. The van der Waals surface area contributed by atoms with Crippen LogP contribution in [0.4, 0.5) is 11.4 Å². The van der Waals surface area contributed by atoms with Gasteiger partial charge in [-0.1, -0.05) is 17.7 Å². The molecule has 1 amide bonds. The Morgan fingerprint density at radius 2 is 2.04 bits per heavy atom. The van der Waals surface area contributed by atoms with E-state index in [2.05, 4.69) is 10.2 Å². The van der Waals surface area contributed by atoms with Gasteiger partial charge in [-0.2, -0.15) is 0 Å². The van der Waals surface area contributed by atoms with Crippen molar-refractivity contribution in [3.05, 3.63) is 59.1 Å². The summed E-state index contributed by atoms with van der Waals surface area (Å²) in [6.45, 7) is 1.90. The number of hydrogen-bond acceptors (Lipinski definition) is 3. The molecule has 1 aliphatic rings. The maximum atomic E-state index is 12.2. The van der Waals surface area contributed by atoms with Crippen LogP contribution in [0.2, 0.25) is 5.02 Å². The van der Waals surface area contributed by atoms with Crippen molar-refractivity contribution in [2.45, 2.75) is 12.5 Å². The van der Waals surface area contributed by atoms with E-state index in [0.717, 1.165) is 30.9 Å². The number of rotatable bonds is 4. The second-order valence-electron chi connectivity index (χ2n) is 5.60. The summed E-state index contributed by atoms with van der Waals surface area (Å²) >= 11 is 5.91. The number of anilines is 2. The molecular weight excluding hydrogens is 312 g/mol. The van der Waals surface area contributed by atoms with Gasteiger partial charge in [-0.25, -0.2) is 0 Å². The molecule has 0 bridgehead atoms. The lowest BCUT2D eigenvalue weighted by atomic mass is 10.2. The van der Waals surface area contributed by atoms with Crippen molar-refractivity contribution in [3.63, 3.8) is 0 Å². The van der Waals surface area contributed by atoms with Crippen LogP contribution in [0.1, 0.15) is 16.8 Å². The van der Waals surface area contributed by atoms with Crippen molar-refractivity contribution in [1.29, 1.82) is 0 Å². The molecule has 5 heteroatoms. The fourth-order valence-electron chi connectivity index (χ4n) is 2.74. The second kappa shape index (κ2) is 7.02. The Morgan fingerprint density at radius 3 is 2.70 bits per heavy atom. The maximum absolute atomic E-state index is 12.2. The van der Waals surface area contributed by atoms with Crippen molar-refractivity contribution in [1.82, 2.24) is 0 Å². The van der Waals surface area contributed by atoms with Gasteiger partial charge in [0.05, 0.1) is 6.10 Å². The largest absolute Gasteiger partial charge is 0.380 e. The number of carbonyl (C=O) groups excluding carboxylic acids is 1. The van der Waals surface area contributed by atoms with Gasteiger partial charge in [-0.15, -0.1) is 0 Å². The van der Waals surface area contributed by atoms with Crippen molar-refractivity contribution in [3.8, 4) is 0 Å². The summed E-state index contributed by atoms with van der Waals surface area (Å²) in [6.07, 6.45) is 1.35. The molecule has 0 aromatic heterocycles. The lowest BCUT2D eigenvalue weighted by Gasteiger charge is -2.18. The topological polar surface area (TPSA) is 41.6 Å². The highest BCUT2D eigenvalue weighted by Crippen LogP contribution is 2.23. The predicted octanol–water partition coefficient (Wildman–Crippen LogP) is 3.82. The van der Waals surface area contributed by atoms with Crippen LogP contribution in [0.5, 0.6) is 0 Å². The van der Waals surface area contributed by atoms with Gasteiger partial charge in [-0.05, 0) is 48.9 Å². The number of methoxy groups -OCH3 is 1. The summed E-state index contributed by atoms with van der Waals surface area (Å²) in [4.78, 5) is 14.5. The molecule has 3 rings (SSSR count). The first kappa shape index (κ1) is 15.8. The molecule has 1 atom stereocenters. The number of nitrogens with zero attached hydrogens (tertiary/aromatic N) is 1. The Balaban J connectivity index is 1.65. The Morgan fingerprint density at radius 1 is 1.26 bits per heavy atom. The Kier molecular flexibility index (Phi) is 4.84. The fraction of sp³-hybridized carbons (Fsp3) is 0.278. The lowest BCUT2D eigenvalue weighted by Crippen LogP contribution is -2.22. The van der Waals surface area contributed by atoms with E-state index >= 15 is 0 Å².